The molecule has 5 nitrogen and oxygen atoms in total. The van der Waals surface area contributed by atoms with Crippen molar-refractivity contribution in [3.05, 3.63) is 41.0 Å². The van der Waals surface area contributed by atoms with Crippen LogP contribution in [0.25, 0.3) is 0 Å². The molecule has 3 rings (SSSR count). The molecule has 0 radical (unpaired) electrons. The number of rotatable bonds is 3. The molecule has 1 aromatic heterocycles. The van der Waals surface area contributed by atoms with Gasteiger partial charge in [-0.3, -0.25) is 0 Å². The summed E-state index contributed by atoms with van der Waals surface area (Å²) in [5.41, 5.74) is 1.91. The lowest BCUT2D eigenvalue weighted by molar-refractivity contribution is 0.155. The van der Waals surface area contributed by atoms with Gasteiger partial charge in [0.25, 0.3) is 0 Å². The van der Waals surface area contributed by atoms with Gasteiger partial charge in [0.1, 0.15) is 5.75 Å². The molecule has 1 aliphatic rings. The maximum absolute atomic E-state index is 10.1. The van der Waals surface area contributed by atoms with Crippen LogP contribution in [0.2, 0.25) is 0 Å². The van der Waals surface area contributed by atoms with Crippen molar-refractivity contribution in [1.82, 2.24) is 10.1 Å². The summed E-state index contributed by atoms with van der Waals surface area (Å²) in [4.78, 5) is 4.37. The Kier molecular flexibility index (Phi) is 3.91. The molecule has 1 aliphatic carbocycles. The van der Waals surface area contributed by atoms with Gasteiger partial charge >= 0.3 is 0 Å². The van der Waals surface area contributed by atoms with Crippen LogP contribution in [-0.2, 0) is 18.4 Å². The third-order valence-corrected chi connectivity index (χ3v) is 3.90. The lowest BCUT2D eigenvalue weighted by Gasteiger charge is -2.23. The first-order valence-corrected chi connectivity index (χ1v) is 7.71. The normalized spacial score (nSPS) is 18.1. The van der Waals surface area contributed by atoms with E-state index >= 15 is 0 Å². The van der Waals surface area contributed by atoms with Gasteiger partial charge in [-0.2, -0.15) is 4.98 Å². The van der Waals surface area contributed by atoms with E-state index in [0.717, 1.165) is 36.1 Å². The van der Waals surface area contributed by atoms with Crippen LogP contribution in [-0.4, -0.2) is 15.2 Å². The highest BCUT2D eigenvalue weighted by atomic mass is 16.5. The SMILES string of the molecule is CC(C)(C)c1nc(COc2cccc3c2CCC[C@@H]3O)no1. The average Bonchev–Trinajstić information content (AvgIpc) is 2.95. The molecule has 1 N–H and O–H groups in total. The molecule has 0 aliphatic heterocycles. The predicted molar refractivity (Wildman–Crippen MR) is 81.7 cm³/mol. The largest absolute Gasteiger partial charge is 0.485 e. The van der Waals surface area contributed by atoms with Crippen LogP contribution in [0, 0.1) is 0 Å². The molecule has 0 amide bonds. The number of ether oxygens (including phenoxy) is 1. The number of aliphatic hydroxyl groups is 1. The summed E-state index contributed by atoms with van der Waals surface area (Å²) in [6.07, 6.45) is 2.34. The van der Waals surface area contributed by atoms with E-state index in [1.54, 1.807) is 0 Å². The summed E-state index contributed by atoms with van der Waals surface area (Å²) >= 11 is 0. The van der Waals surface area contributed by atoms with E-state index in [-0.39, 0.29) is 18.1 Å². The van der Waals surface area contributed by atoms with Crippen molar-refractivity contribution in [2.75, 3.05) is 0 Å². The fraction of sp³-hybridized carbons (Fsp3) is 0.529. The molecule has 1 aromatic carbocycles. The monoisotopic (exact) mass is 302 g/mol. The van der Waals surface area contributed by atoms with Crippen molar-refractivity contribution in [2.45, 2.75) is 58.2 Å². The second-order valence-corrected chi connectivity index (χ2v) is 6.79. The maximum atomic E-state index is 10.1. The first-order valence-electron chi connectivity index (χ1n) is 7.71. The van der Waals surface area contributed by atoms with Crippen LogP contribution >= 0.6 is 0 Å². The number of aromatic nitrogens is 2. The van der Waals surface area contributed by atoms with Crippen LogP contribution in [0.5, 0.6) is 5.75 Å². The number of hydrogen-bond acceptors (Lipinski definition) is 5. The highest BCUT2D eigenvalue weighted by Gasteiger charge is 2.23. The Morgan fingerprint density at radius 2 is 2.18 bits per heavy atom. The molecule has 0 saturated carbocycles. The van der Waals surface area contributed by atoms with Gasteiger partial charge in [-0.25, -0.2) is 0 Å². The second-order valence-electron chi connectivity index (χ2n) is 6.79. The van der Waals surface area contributed by atoms with Crippen LogP contribution in [0.15, 0.2) is 22.7 Å². The molecular formula is C17H22N2O3. The zero-order valence-electron chi connectivity index (χ0n) is 13.3. The molecular weight excluding hydrogens is 280 g/mol. The number of aliphatic hydroxyl groups excluding tert-OH is 1. The lowest BCUT2D eigenvalue weighted by atomic mass is 9.89. The van der Waals surface area contributed by atoms with Crippen molar-refractivity contribution < 1.29 is 14.4 Å². The van der Waals surface area contributed by atoms with Gasteiger partial charge < -0.3 is 14.4 Å². The minimum atomic E-state index is -0.384. The van der Waals surface area contributed by atoms with Gasteiger partial charge in [0.05, 0.1) is 6.10 Å². The Balaban J connectivity index is 1.75. The number of benzene rings is 1. The zero-order valence-corrected chi connectivity index (χ0v) is 13.3. The summed E-state index contributed by atoms with van der Waals surface area (Å²) in [5, 5.41) is 14.0. The number of nitrogens with zero attached hydrogens (tertiary/aromatic N) is 2. The number of fused-ring (bicyclic) bond motifs is 1. The molecule has 0 fully saturated rings. The Labute approximate surface area is 130 Å². The van der Waals surface area contributed by atoms with Crippen molar-refractivity contribution in [2.24, 2.45) is 0 Å². The third kappa shape index (κ3) is 2.99. The highest BCUT2D eigenvalue weighted by molar-refractivity contribution is 5.42. The molecule has 5 heteroatoms. The first kappa shape index (κ1) is 15.0. The molecule has 1 atom stereocenters. The minimum absolute atomic E-state index is 0.165. The van der Waals surface area contributed by atoms with Gasteiger partial charge in [0, 0.05) is 5.41 Å². The van der Waals surface area contributed by atoms with Gasteiger partial charge in [0.15, 0.2) is 6.61 Å². The van der Waals surface area contributed by atoms with Gasteiger partial charge in [-0.05, 0) is 36.5 Å². The molecule has 2 aromatic rings. The zero-order chi connectivity index (χ0) is 15.7. The maximum Gasteiger partial charge on any atom is 0.232 e. The quantitative estimate of drug-likeness (QED) is 0.942. The van der Waals surface area contributed by atoms with E-state index in [4.69, 9.17) is 9.26 Å². The van der Waals surface area contributed by atoms with E-state index in [1.165, 1.54) is 0 Å². The highest BCUT2D eigenvalue weighted by Crippen LogP contribution is 2.35. The predicted octanol–water partition coefficient (Wildman–Crippen LogP) is 3.32. The Morgan fingerprint density at radius 3 is 2.91 bits per heavy atom. The molecule has 0 saturated heterocycles. The van der Waals surface area contributed by atoms with E-state index < -0.39 is 0 Å². The minimum Gasteiger partial charge on any atom is -0.485 e. The van der Waals surface area contributed by atoms with Crippen LogP contribution in [0.3, 0.4) is 0 Å². The van der Waals surface area contributed by atoms with Crippen molar-refractivity contribution in [1.29, 1.82) is 0 Å². The Bertz CT molecular complexity index is 658. The average molecular weight is 302 g/mol. The lowest BCUT2D eigenvalue weighted by Crippen LogP contribution is -2.12. The number of hydrogen-bond donors (Lipinski definition) is 1. The van der Waals surface area contributed by atoms with Crippen molar-refractivity contribution >= 4 is 0 Å². The van der Waals surface area contributed by atoms with Crippen LogP contribution < -0.4 is 4.74 Å². The molecule has 1 heterocycles. The molecule has 0 bridgehead atoms. The van der Waals surface area contributed by atoms with E-state index in [1.807, 2.05) is 39.0 Å². The second kappa shape index (κ2) is 5.72. The Hall–Kier alpha value is -1.88. The molecule has 0 spiro atoms. The molecule has 22 heavy (non-hydrogen) atoms. The van der Waals surface area contributed by atoms with Crippen molar-refractivity contribution in [3.63, 3.8) is 0 Å². The molecule has 118 valence electrons. The standard InChI is InChI=1S/C17H22N2O3/c1-17(2,3)16-18-15(19-22-16)10-21-14-9-5-6-11-12(14)7-4-8-13(11)20/h5-6,9,13,20H,4,7-8,10H2,1-3H3/t13-/m0/s1. The van der Waals surface area contributed by atoms with Gasteiger partial charge in [-0.15, -0.1) is 0 Å². The third-order valence-electron chi connectivity index (χ3n) is 3.90. The van der Waals surface area contributed by atoms with Gasteiger partial charge in [-0.1, -0.05) is 38.1 Å². The van der Waals surface area contributed by atoms with Crippen LogP contribution in [0.4, 0.5) is 0 Å². The summed E-state index contributed by atoms with van der Waals surface area (Å²) in [6, 6.07) is 5.82. The summed E-state index contributed by atoms with van der Waals surface area (Å²) < 4.78 is 11.1. The summed E-state index contributed by atoms with van der Waals surface area (Å²) in [5.74, 6) is 1.95. The van der Waals surface area contributed by atoms with E-state index in [0.29, 0.717) is 11.7 Å². The van der Waals surface area contributed by atoms with E-state index in [2.05, 4.69) is 10.1 Å². The Morgan fingerprint density at radius 1 is 1.36 bits per heavy atom. The summed E-state index contributed by atoms with van der Waals surface area (Å²) in [7, 11) is 0. The van der Waals surface area contributed by atoms with Gasteiger partial charge in [0.2, 0.25) is 11.7 Å². The van der Waals surface area contributed by atoms with Crippen molar-refractivity contribution in [3.8, 4) is 5.75 Å². The first-order chi connectivity index (χ1) is 10.4. The topological polar surface area (TPSA) is 68.4 Å². The molecule has 0 unspecified atom stereocenters. The van der Waals surface area contributed by atoms with E-state index in [9.17, 15) is 5.11 Å². The fourth-order valence-corrected chi connectivity index (χ4v) is 2.68. The van der Waals surface area contributed by atoms with Crippen LogP contribution in [0.1, 0.15) is 62.6 Å². The summed E-state index contributed by atoms with van der Waals surface area (Å²) in [6.45, 7) is 6.35. The smallest absolute Gasteiger partial charge is 0.232 e. The fourth-order valence-electron chi connectivity index (χ4n) is 2.68.